The number of rotatable bonds is 4. The van der Waals surface area contributed by atoms with Crippen molar-refractivity contribution in [1.29, 1.82) is 0 Å². The van der Waals surface area contributed by atoms with Crippen LogP contribution in [-0.2, 0) is 19.4 Å². The molecule has 0 bridgehead atoms. The molecule has 1 aromatic rings. The van der Waals surface area contributed by atoms with Crippen molar-refractivity contribution >= 4 is 15.8 Å². The third-order valence-electron chi connectivity index (χ3n) is 4.03. The van der Waals surface area contributed by atoms with Crippen molar-refractivity contribution in [2.75, 3.05) is 19.7 Å². The zero-order valence-corrected chi connectivity index (χ0v) is 13.1. The summed E-state index contributed by atoms with van der Waals surface area (Å²) in [6.45, 7) is 1.90. The van der Waals surface area contributed by atoms with Gasteiger partial charge in [-0.3, -0.25) is 0 Å². The summed E-state index contributed by atoms with van der Waals surface area (Å²) in [6, 6.07) is 5.05. The number of carbonyl (C=O) groups excluding carboxylic acids is 1. The fraction of sp³-hybridized carbons (Fsp3) is 0.500. The number of fused-ring (bicyclic) bond motifs is 1. The lowest BCUT2D eigenvalue weighted by atomic mass is 10.1. The standard InChI is InChI=1S/C14H17NO6S/c1-3-19-13(16)14(15)11(12(14)22(2,17)18)8-4-5-9-10(6-8)21-7-20-9/h4-6,11-12H,3,7,15H2,1-2H3/t11-,12+,14-/m1/s1. The summed E-state index contributed by atoms with van der Waals surface area (Å²) >= 11 is 0. The zero-order valence-electron chi connectivity index (χ0n) is 12.2. The van der Waals surface area contributed by atoms with E-state index in [9.17, 15) is 13.2 Å². The second-order valence-electron chi connectivity index (χ2n) is 5.49. The molecule has 8 heteroatoms. The third-order valence-corrected chi connectivity index (χ3v) is 5.61. The lowest BCUT2D eigenvalue weighted by molar-refractivity contribution is -0.145. The molecule has 3 rings (SSSR count). The van der Waals surface area contributed by atoms with Gasteiger partial charge in [0.05, 0.1) is 11.9 Å². The smallest absolute Gasteiger partial charge is 0.328 e. The molecule has 3 atom stereocenters. The number of hydrogen-bond donors (Lipinski definition) is 1. The maximum Gasteiger partial charge on any atom is 0.328 e. The van der Waals surface area contributed by atoms with Crippen molar-refractivity contribution in [3.8, 4) is 11.5 Å². The number of hydrogen-bond acceptors (Lipinski definition) is 7. The van der Waals surface area contributed by atoms with Crippen molar-refractivity contribution in [3.63, 3.8) is 0 Å². The molecule has 0 amide bonds. The van der Waals surface area contributed by atoms with Crippen molar-refractivity contribution in [2.45, 2.75) is 23.6 Å². The van der Waals surface area contributed by atoms with Crippen molar-refractivity contribution < 1.29 is 27.4 Å². The Bertz CT molecular complexity index is 731. The Morgan fingerprint density at radius 3 is 2.73 bits per heavy atom. The fourth-order valence-electron chi connectivity index (χ4n) is 3.03. The molecule has 0 aromatic heterocycles. The van der Waals surface area contributed by atoms with Crippen LogP contribution in [0, 0.1) is 0 Å². The first-order valence-corrected chi connectivity index (χ1v) is 8.80. The van der Waals surface area contributed by atoms with Gasteiger partial charge >= 0.3 is 5.97 Å². The molecule has 0 spiro atoms. The van der Waals surface area contributed by atoms with Gasteiger partial charge in [0, 0.05) is 12.2 Å². The number of benzene rings is 1. The summed E-state index contributed by atoms with van der Waals surface area (Å²) in [4.78, 5) is 12.1. The molecule has 0 saturated heterocycles. The molecule has 1 aliphatic heterocycles. The van der Waals surface area contributed by atoms with E-state index >= 15 is 0 Å². The van der Waals surface area contributed by atoms with Crippen LogP contribution in [0.1, 0.15) is 18.4 Å². The Hall–Kier alpha value is -1.80. The number of carbonyl (C=O) groups is 1. The summed E-state index contributed by atoms with van der Waals surface area (Å²) in [5.41, 5.74) is 5.16. The summed E-state index contributed by atoms with van der Waals surface area (Å²) in [5, 5.41) is -1.00. The van der Waals surface area contributed by atoms with Crippen LogP contribution in [0.5, 0.6) is 11.5 Å². The molecule has 120 valence electrons. The van der Waals surface area contributed by atoms with Gasteiger partial charge in [0.2, 0.25) is 6.79 Å². The lowest BCUT2D eigenvalue weighted by Crippen LogP contribution is -2.41. The maximum absolute atomic E-state index is 12.1. The number of ether oxygens (including phenoxy) is 3. The average molecular weight is 327 g/mol. The van der Waals surface area contributed by atoms with E-state index in [4.69, 9.17) is 19.9 Å². The van der Waals surface area contributed by atoms with E-state index in [0.29, 0.717) is 17.1 Å². The summed E-state index contributed by atoms with van der Waals surface area (Å²) < 4.78 is 39.4. The number of esters is 1. The highest BCUT2D eigenvalue weighted by Gasteiger charge is 2.73. The number of nitrogens with two attached hydrogens (primary N) is 1. The minimum absolute atomic E-state index is 0.116. The van der Waals surface area contributed by atoms with Crippen LogP contribution in [0.15, 0.2) is 18.2 Å². The van der Waals surface area contributed by atoms with Gasteiger partial charge in [0.15, 0.2) is 21.3 Å². The van der Waals surface area contributed by atoms with Crippen molar-refractivity contribution in [2.24, 2.45) is 5.73 Å². The molecule has 0 unspecified atom stereocenters. The third kappa shape index (κ3) is 2.14. The highest BCUT2D eigenvalue weighted by molar-refractivity contribution is 7.91. The van der Waals surface area contributed by atoms with Gasteiger partial charge < -0.3 is 19.9 Å². The average Bonchev–Trinajstić information content (AvgIpc) is 2.87. The number of sulfone groups is 1. The SMILES string of the molecule is CCOC(=O)[C@@]1(N)[C@H](c2ccc3c(c2)OCO3)[C@@H]1S(C)(=O)=O. The Morgan fingerprint density at radius 1 is 1.41 bits per heavy atom. The van der Waals surface area contributed by atoms with Gasteiger partial charge in [-0.25, -0.2) is 13.2 Å². The van der Waals surface area contributed by atoms with E-state index in [-0.39, 0.29) is 13.4 Å². The van der Waals surface area contributed by atoms with Crippen LogP contribution in [0.25, 0.3) is 0 Å². The molecule has 22 heavy (non-hydrogen) atoms. The molecule has 2 N–H and O–H groups in total. The molecule has 0 radical (unpaired) electrons. The van der Waals surface area contributed by atoms with Crippen LogP contribution in [-0.4, -0.2) is 44.8 Å². The molecular formula is C14H17NO6S. The van der Waals surface area contributed by atoms with E-state index in [1.165, 1.54) is 0 Å². The van der Waals surface area contributed by atoms with Gasteiger partial charge in [-0.15, -0.1) is 0 Å². The van der Waals surface area contributed by atoms with Gasteiger partial charge in [-0.05, 0) is 24.6 Å². The minimum Gasteiger partial charge on any atom is -0.465 e. The molecule has 2 aliphatic rings. The van der Waals surface area contributed by atoms with Gasteiger partial charge in [-0.2, -0.15) is 0 Å². The molecule has 1 aliphatic carbocycles. The molecule has 1 fully saturated rings. The largest absolute Gasteiger partial charge is 0.465 e. The second kappa shape index (κ2) is 4.85. The Labute approximate surface area is 128 Å². The van der Waals surface area contributed by atoms with Crippen LogP contribution >= 0.6 is 0 Å². The predicted molar refractivity (Wildman–Crippen MR) is 77.5 cm³/mol. The zero-order chi connectivity index (χ0) is 16.1. The Kier molecular flexibility index (Phi) is 3.33. The maximum atomic E-state index is 12.1. The summed E-state index contributed by atoms with van der Waals surface area (Å²) in [7, 11) is -3.51. The highest BCUT2D eigenvalue weighted by atomic mass is 32.2. The monoisotopic (exact) mass is 327 g/mol. The first-order valence-electron chi connectivity index (χ1n) is 6.84. The van der Waals surface area contributed by atoms with Crippen LogP contribution in [0.2, 0.25) is 0 Å². The van der Waals surface area contributed by atoms with Crippen LogP contribution in [0.4, 0.5) is 0 Å². The minimum atomic E-state index is -3.51. The summed E-state index contributed by atoms with van der Waals surface area (Å²) in [5.74, 6) is -0.258. The first kappa shape index (κ1) is 15.1. The Morgan fingerprint density at radius 2 is 2.09 bits per heavy atom. The topological polar surface area (TPSA) is 105 Å². The van der Waals surface area contributed by atoms with E-state index < -0.39 is 32.5 Å². The van der Waals surface area contributed by atoms with Gasteiger partial charge in [0.1, 0.15) is 5.54 Å². The molecule has 1 aromatic carbocycles. The quantitative estimate of drug-likeness (QED) is 0.787. The van der Waals surface area contributed by atoms with E-state index in [1.54, 1.807) is 25.1 Å². The molecule has 1 heterocycles. The second-order valence-corrected chi connectivity index (χ2v) is 7.66. The normalized spacial score (nSPS) is 29.2. The Balaban J connectivity index is 1.99. The van der Waals surface area contributed by atoms with Crippen LogP contribution < -0.4 is 15.2 Å². The predicted octanol–water partition coefficient (Wildman–Crippen LogP) is 0.186. The summed E-state index contributed by atoms with van der Waals surface area (Å²) in [6.07, 6.45) is 1.07. The lowest BCUT2D eigenvalue weighted by Gasteiger charge is -2.10. The van der Waals surface area contributed by atoms with E-state index in [2.05, 4.69) is 0 Å². The van der Waals surface area contributed by atoms with Gasteiger partial charge in [-0.1, -0.05) is 6.07 Å². The molecule has 7 nitrogen and oxygen atoms in total. The highest BCUT2D eigenvalue weighted by Crippen LogP contribution is 2.55. The molecule has 1 saturated carbocycles. The van der Waals surface area contributed by atoms with Crippen LogP contribution in [0.3, 0.4) is 0 Å². The fourth-order valence-corrected chi connectivity index (χ4v) is 4.78. The van der Waals surface area contributed by atoms with E-state index in [0.717, 1.165) is 6.26 Å². The van der Waals surface area contributed by atoms with Crippen molar-refractivity contribution in [1.82, 2.24) is 0 Å². The van der Waals surface area contributed by atoms with Gasteiger partial charge in [0.25, 0.3) is 0 Å². The van der Waals surface area contributed by atoms with E-state index in [1.807, 2.05) is 0 Å². The molecular weight excluding hydrogens is 310 g/mol. The first-order chi connectivity index (χ1) is 10.3. The van der Waals surface area contributed by atoms with Crippen molar-refractivity contribution in [3.05, 3.63) is 23.8 Å².